The molecular formula is C13H17N3S. The van der Waals surface area contributed by atoms with Crippen LogP contribution in [0.3, 0.4) is 0 Å². The Bertz CT molecular complexity index is 486. The smallest absolute Gasteiger partial charge is 0.252 e. The molecule has 90 valence electrons. The van der Waals surface area contributed by atoms with Crippen molar-refractivity contribution < 1.29 is 4.59 Å². The van der Waals surface area contributed by atoms with E-state index in [9.17, 15) is 0 Å². The minimum Gasteiger partial charge on any atom is -0.757 e. The molecule has 3 nitrogen and oxygen atoms in total. The van der Waals surface area contributed by atoms with Gasteiger partial charge in [-0.05, 0) is 24.1 Å². The third-order valence-electron chi connectivity index (χ3n) is 3.16. The van der Waals surface area contributed by atoms with Gasteiger partial charge in [0.05, 0.1) is 26.8 Å². The van der Waals surface area contributed by atoms with Gasteiger partial charge in [0, 0.05) is 6.08 Å². The fourth-order valence-electron chi connectivity index (χ4n) is 1.67. The van der Waals surface area contributed by atoms with Crippen LogP contribution >= 0.6 is 0 Å². The van der Waals surface area contributed by atoms with E-state index >= 15 is 0 Å². The minimum absolute atomic E-state index is 0.562. The Morgan fingerprint density at radius 3 is 2.24 bits per heavy atom. The van der Waals surface area contributed by atoms with Gasteiger partial charge >= 0.3 is 0 Å². The van der Waals surface area contributed by atoms with Crippen molar-refractivity contribution in [3.05, 3.63) is 40.9 Å². The molecule has 0 spiro atoms. The summed E-state index contributed by atoms with van der Waals surface area (Å²) in [6.45, 7) is 2.07. The Hall–Kier alpha value is -1.39. The lowest BCUT2D eigenvalue weighted by Gasteiger charge is -2.35. The zero-order chi connectivity index (χ0) is 12.6. The standard InChI is InChI=1S/C13H17N3S/c1-10-5-7-11(8-6-10)14-12-9-13(17)15(2)16(12,3)4/h5-9H,1-4H3. The van der Waals surface area contributed by atoms with Crippen LogP contribution in [-0.4, -0.2) is 36.6 Å². The van der Waals surface area contributed by atoms with E-state index in [4.69, 9.17) is 12.6 Å². The van der Waals surface area contributed by atoms with Gasteiger partial charge in [0.1, 0.15) is 0 Å². The normalized spacial score (nSPS) is 20.8. The van der Waals surface area contributed by atoms with Gasteiger partial charge in [0.2, 0.25) is 0 Å². The molecule has 0 saturated carbocycles. The van der Waals surface area contributed by atoms with Gasteiger partial charge in [-0.15, -0.1) is 0 Å². The lowest BCUT2D eigenvalue weighted by Crippen LogP contribution is -2.50. The number of quaternary nitrogens is 1. The molecule has 0 aliphatic carbocycles. The largest absolute Gasteiger partial charge is 0.757 e. The summed E-state index contributed by atoms with van der Waals surface area (Å²) in [4.78, 5) is 4.66. The predicted octanol–water partition coefficient (Wildman–Crippen LogP) is 2.35. The fraction of sp³-hybridized carbons (Fsp3) is 0.308. The molecular weight excluding hydrogens is 230 g/mol. The molecule has 0 N–H and O–H groups in total. The van der Waals surface area contributed by atoms with Crippen molar-refractivity contribution in [2.45, 2.75) is 6.92 Å². The number of amidine groups is 1. The van der Waals surface area contributed by atoms with Crippen molar-refractivity contribution in [1.29, 1.82) is 0 Å². The van der Waals surface area contributed by atoms with E-state index in [0.29, 0.717) is 4.59 Å². The summed E-state index contributed by atoms with van der Waals surface area (Å²) < 4.78 is 0.562. The zero-order valence-electron chi connectivity index (χ0n) is 10.6. The molecule has 0 fully saturated rings. The summed E-state index contributed by atoms with van der Waals surface area (Å²) >= 11 is 5.28. The third-order valence-corrected chi connectivity index (χ3v) is 3.54. The zero-order valence-corrected chi connectivity index (χ0v) is 11.5. The van der Waals surface area contributed by atoms with Crippen LogP contribution in [0.25, 0.3) is 0 Å². The van der Waals surface area contributed by atoms with Crippen molar-refractivity contribution >= 4 is 24.2 Å². The molecule has 0 unspecified atom stereocenters. The highest BCUT2D eigenvalue weighted by atomic mass is 32.1. The van der Waals surface area contributed by atoms with Crippen molar-refractivity contribution in [3.63, 3.8) is 0 Å². The van der Waals surface area contributed by atoms with E-state index in [1.165, 1.54) is 5.56 Å². The Morgan fingerprint density at radius 2 is 1.76 bits per heavy atom. The van der Waals surface area contributed by atoms with E-state index in [2.05, 4.69) is 38.1 Å². The monoisotopic (exact) mass is 247 g/mol. The minimum atomic E-state index is 0.562. The summed E-state index contributed by atoms with van der Waals surface area (Å²) in [5.74, 6) is 0.960. The maximum atomic E-state index is 5.28. The first kappa shape index (κ1) is 12.1. The highest BCUT2D eigenvalue weighted by Gasteiger charge is 2.32. The molecule has 1 aromatic rings. The summed E-state index contributed by atoms with van der Waals surface area (Å²) in [6, 6.07) is 8.18. The lowest BCUT2D eigenvalue weighted by molar-refractivity contribution is -0.907. The molecule has 0 bridgehead atoms. The second kappa shape index (κ2) is 4.13. The molecule has 4 heteroatoms. The number of hydrogen-bond donors (Lipinski definition) is 0. The molecule has 0 saturated heterocycles. The van der Waals surface area contributed by atoms with E-state index in [0.717, 1.165) is 16.6 Å². The van der Waals surface area contributed by atoms with Crippen LogP contribution in [0.4, 0.5) is 5.69 Å². The number of rotatable bonds is 1. The van der Waals surface area contributed by atoms with Gasteiger partial charge in [-0.1, -0.05) is 17.7 Å². The molecule has 0 atom stereocenters. The Kier molecular flexibility index (Phi) is 2.93. The molecule has 1 heterocycles. The maximum absolute atomic E-state index is 5.28. The van der Waals surface area contributed by atoms with Gasteiger partial charge in [0.25, 0.3) is 5.84 Å². The predicted molar refractivity (Wildman–Crippen MR) is 73.6 cm³/mol. The third kappa shape index (κ3) is 2.18. The van der Waals surface area contributed by atoms with Gasteiger partial charge < -0.3 is 12.6 Å². The second-order valence-electron chi connectivity index (χ2n) is 4.71. The molecule has 0 aromatic heterocycles. The summed E-state index contributed by atoms with van der Waals surface area (Å²) in [5, 5.41) is 2.84. The number of aryl methyl sites for hydroxylation is 1. The molecule has 0 amide bonds. The average molecular weight is 247 g/mol. The van der Waals surface area contributed by atoms with E-state index < -0.39 is 0 Å². The summed E-state index contributed by atoms with van der Waals surface area (Å²) in [5.41, 5.74) is 2.21. The van der Waals surface area contributed by atoms with Gasteiger partial charge in [-0.3, -0.25) is 0 Å². The van der Waals surface area contributed by atoms with Crippen LogP contribution < -0.4 is 0 Å². The fourth-order valence-corrected chi connectivity index (χ4v) is 1.98. The molecule has 1 aliphatic rings. The maximum Gasteiger partial charge on any atom is 0.252 e. The molecule has 2 rings (SSSR count). The van der Waals surface area contributed by atoms with Crippen molar-refractivity contribution in [1.82, 2.24) is 5.01 Å². The van der Waals surface area contributed by atoms with E-state index in [-0.39, 0.29) is 0 Å². The first-order valence-corrected chi connectivity index (χ1v) is 5.95. The van der Waals surface area contributed by atoms with Gasteiger partial charge in [-0.25, -0.2) is 5.01 Å². The highest BCUT2D eigenvalue weighted by Crippen LogP contribution is 2.23. The van der Waals surface area contributed by atoms with Gasteiger partial charge in [-0.2, -0.15) is 9.58 Å². The number of aliphatic imine (C=N–C) groups is 1. The van der Waals surface area contributed by atoms with Gasteiger partial charge in [0.15, 0.2) is 0 Å². The van der Waals surface area contributed by atoms with Crippen molar-refractivity contribution in [2.24, 2.45) is 4.99 Å². The lowest BCUT2D eigenvalue weighted by atomic mass is 10.2. The Balaban J connectivity index is 2.38. The number of benzene rings is 1. The quantitative estimate of drug-likeness (QED) is 0.559. The molecule has 1 aromatic carbocycles. The van der Waals surface area contributed by atoms with Crippen LogP contribution in [0, 0.1) is 6.92 Å². The summed E-state index contributed by atoms with van der Waals surface area (Å²) in [7, 11) is 6.13. The average Bonchev–Trinajstić information content (AvgIpc) is 2.46. The second-order valence-corrected chi connectivity index (χ2v) is 5.12. The first-order chi connectivity index (χ1) is 7.91. The van der Waals surface area contributed by atoms with E-state index in [1.54, 1.807) is 0 Å². The van der Waals surface area contributed by atoms with E-state index in [1.807, 2.05) is 30.3 Å². The number of nitrogens with zero attached hydrogens (tertiary/aromatic N) is 3. The van der Waals surface area contributed by atoms with Crippen LogP contribution in [0.2, 0.25) is 0 Å². The Morgan fingerprint density at radius 1 is 1.18 bits per heavy atom. The van der Waals surface area contributed by atoms with Crippen molar-refractivity contribution in [3.8, 4) is 0 Å². The SMILES string of the molecule is Cc1ccc(N=C2C=C([S-])N(C)[N+]2(C)C)cc1. The molecule has 0 radical (unpaired) electrons. The number of hydrogen-bond acceptors (Lipinski definition) is 3. The van der Waals surface area contributed by atoms with Crippen molar-refractivity contribution in [2.75, 3.05) is 21.1 Å². The van der Waals surface area contributed by atoms with Crippen LogP contribution in [0.1, 0.15) is 5.56 Å². The molecule has 1 aliphatic heterocycles. The van der Waals surface area contributed by atoms with Crippen LogP contribution in [0.15, 0.2) is 40.4 Å². The topological polar surface area (TPSA) is 15.6 Å². The molecule has 17 heavy (non-hydrogen) atoms. The first-order valence-electron chi connectivity index (χ1n) is 5.54. The van der Waals surface area contributed by atoms with Crippen LogP contribution in [-0.2, 0) is 12.6 Å². The number of likely N-dealkylation sites (N-methyl/N-ethyl adjacent to an activating group) is 1. The Labute approximate surface area is 108 Å². The highest BCUT2D eigenvalue weighted by molar-refractivity contribution is 7.63. The summed E-state index contributed by atoms with van der Waals surface area (Å²) in [6.07, 6.45) is 1.95. The van der Waals surface area contributed by atoms with Crippen LogP contribution in [0.5, 0.6) is 0 Å².